The molecule has 0 saturated carbocycles. The lowest BCUT2D eigenvalue weighted by molar-refractivity contribution is 0.0903. The van der Waals surface area contributed by atoms with Gasteiger partial charge in [0.05, 0.1) is 18.3 Å². The molecule has 5 rings (SSSR count). The van der Waals surface area contributed by atoms with Gasteiger partial charge in [0.1, 0.15) is 5.82 Å². The Bertz CT molecular complexity index is 999. The van der Waals surface area contributed by atoms with Gasteiger partial charge in [-0.1, -0.05) is 12.1 Å². The second kappa shape index (κ2) is 9.61. The van der Waals surface area contributed by atoms with Crippen LogP contribution in [-0.4, -0.2) is 77.8 Å². The lowest BCUT2D eigenvalue weighted by atomic mass is 9.94. The molecule has 0 spiro atoms. The summed E-state index contributed by atoms with van der Waals surface area (Å²) in [5, 5.41) is 6.62. The highest BCUT2D eigenvalue weighted by molar-refractivity contribution is 5.75. The molecule has 33 heavy (non-hydrogen) atoms. The highest BCUT2D eigenvalue weighted by atomic mass is 19.1. The number of rotatable bonds is 4. The monoisotopic (exact) mass is 454 g/mol. The van der Waals surface area contributed by atoms with Crippen molar-refractivity contribution in [3.63, 3.8) is 0 Å². The summed E-state index contributed by atoms with van der Waals surface area (Å²) in [6, 6.07) is 6.85. The third kappa shape index (κ3) is 5.09. The van der Waals surface area contributed by atoms with Gasteiger partial charge in [0.25, 0.3) is 0 Å². The lowest BCUT2D eigenvalue weighted by Gasteiger charge is -2.31. The van der Waals surface area contributed by atoms with Gasteiger partial charge >= 0.3 is 6.03 Å². The third-order valence-corrected chi connectivity index (χ3v) is 6.88. The number of hydrogen-bond donors (Lipinski definition) is 2. The Morgan fingerprint density at radius 2 is 2.09 bits per heavy atom. The van der Waals surface area contributed by atoms with Crippen LogP contribution >= 0.6 is 0 Å². The molecule has 2 amide bonds. The predicted octanol–water partition coefficient (Wildman–Crippen LogP) is 2.37. The number of ether oxygens (including phenoxy) is 1. The minimum Gasteiger partial charge on any atom is -0.381 e. The van der Waals surface area contributed by atoms with Crippen molar-refractivity contribution in [3.8, 4) is 0 Å². The summed E-state index contributed by atoms with van der Waals surface area (Å²) >= 11 is 0. The Balaban J connectivity index is 1.24. The topological polar surface area (TPSA) is 82.6 Å². The largest absolute Gasteiger partial charge is 0.381 e. The van der Waals surface area contributed by atoms with E-state index < -0.39 is 0 Å². The zero-order chi connectivity index (χ0) is 22.8. The number of nitrogens with one attached hydrogen (secondary N) is 2. The van der Waals surface area contributed by atoms with Crippen LogP contribution in [0.25, 0.3) is 0 Å². The fourth-order valence-electron chi connectivity index (χ4n) is 5.04. The molecule has 2 aromatic rings. The number of anilines is 1. The maximum absolute atomic E-state index is 13.8. The van der Waals surface area contributed by atoms with Crippen LogP contribution in [0.2, 0.25) is 0 Å². The van der Waals surface area contributed by atoms with Crippen LogP contribution in [0.4, 0.5) is 15.1 Å². The molecule has 2 N–H and O–H groups in total. The summed E-state index contributed by atoms with van der Waals surface area (Å²) in [7, 11) is 2.03. The van der Waals surface area contributed by atoms with Crippen LogP contribution in [0.1, 0.15) is 35.6 Å². The van der Waals surface area contributed by atoms with Crippen LogP contribution in [0.15, 0.2) is 30.5 Å². The molecule has 1 aromatic carbocycles. The number of halogens is 1. The van der Waals surface area contributed by atoms with E-state index in [0.29, 0.717) is 25.1 Å². The number of hydrogen-bond acceptors (Lipinski definition) is 6. The van der Waals surface area contributed by atoms with Gasteiger partial charge in [0.2, 0.25) is 5.95 Å². The van der Waals surface area contributed by atoms with Gasteiger partial charge in [-0.3, -0.25) is 0 Å². The molecule has 4 heterocycles. The lowest BCUT2D eigenvalue weighted by Crippen LogP contribution is -2.49. The molecule has 176 valence electrons. The van der Waals surface area contributed by atoms with Crippen molar-refractivity contribution in [1.82, 2.24) is 25.1 Å². The number of carbonyl (C=O) groups is 1. The van der Waals surface area contributed by atoms with Crippen molar-refractivity contribution < 1.29 is 13.9 Å². The van der Waals surface area contributed by atoms with E-state index >= 15 is 0 Å². The van der Waals surface area contributed by atoms with Crippen LogP contribution in [0.3, 0.4) is 0 Å². The van der Waals surface area contributed by atoms with Crippen molar-refractivity contribution in [3.05, 3.63) is 53.1 Å². The average molecular weight is 455 g/mol. The second-order valence-corrected chi connectivity index (χ2v) is 9.31. The van der Waals surface area contributed by atoms with Crippen LogP contribution < -0.4 is 10.6 Å². The molecule has 2 fully saturated rings. The van der Waals surface area contributed by atoms with Crippen molar-refractivity contribution >= 4 is 12.0 Å². The van der Waals surface area contributed by atoms with Crippen LogP contribution in [0, 0.1) is 5.82 Å². The van der Waals surface area contributed by atoms with Gasteiger partial charge in [0, 0.05) is 51.0 Å². The first-order valence-corrected chi connectivity index (χ1v) is 11.7. The summed E-state index contributed by atoms with van der Waals surface area (Å²) in [5.41, 5.74) is 2.91. The molecule has 2 saturated heterocycles. The van der Waals surface area contributed by atoms with Gasteiger partial charge in [-0.05, 0) is 49.6 Å². The molecule has 8 nitrogen and oxygen atoms in total. The minimum atomic E-state index is -0.246. The molecule has 1 aromatic heterocycles. The molecular weight excluding hydrogens is 423 g/mol. The normalized spacial score (nSPS) is 23.9. The quantitative estimate of drug-likeness (QED) is 0.738. The Labute approximate surface area is 193 Å². The summed E-state index contributed by atoms with van der Waals surface area (Å²) in [5.74, 6) is 0.431. The Morgan fingerprint density at radius 1 is 1.24 bits per heavy atom. The zero-order valence-electron chi connectivity index (χ0n) is 19.0. The maximum atomic E-state index is 13.8. The van der Waals surface area contributed by atoms with E-state index in [0.717, 1.165) is 62.4 Å². The molecule has 2 atom stereocenters. The van der Waals surface area contributed by atoms with Gasteiger partial charge in [-0.15, -0.1) is 0 Å². The van der Waals surface area contributed by atoms with Crippen LogP contribution in [0.5, 0.6) is 0 Å². The summed E-state index contributed by atoms with van der Waals surface area (Å²) in [6.45, 7) is 4.11. The number of likely N-dealkylation sites (N-methyl/N-ethyl adjacent to an activating group) is 1. The van der Waals surface area contributed by atoms with Crippen molar-refractivity contribution in [2.24, 2.45) is 0 Å². The van der Waals surface area contributed by atoms with Gasteiger partial charge in [-0.25, -0.2) is 19.2 Å². The summed E-state index contributed by atoms with van der Waals surface area (Å²) in [4.78, 5) is 26.4. The smallest absolute Gasteiger partial charge is 0.318 e. The standard InChI is InChI=1S/C24H31FN6O2/c1-30-13-20(16-3-2-4-18(25)11-16)22(14-30)29-24(32)31-8-5-17-12-26-23(28-21(17)15-31)27-19-6-9-33-10-7-19/h2-4,11-12,19-20,22H,5-10,13-15H2,1H3,(H,29,32)(H,26,27,28)/t20-,22+/m0/s1. The first kappa shape index (κ1) is 22.0. The number of urea groups is 1. The van der Waals surface area contributed by atoms with Gasteiger partial charge in [-0.2, -0.15) is 0 Å². The van der Waals surface area contributed by atoms with Gasteiger partial charge < -0.3 is 25.2 Å². The number of nitrogens with zero attached hydrogens (tertiary/aromatic N) is 4. The summed E-state index contributed by atoms with van der Waals surface area (Å²) < 4.78 is 19.2. The highest BCUT2D eigenvalue weighted by Crippen LogP contribution is 2.28. The van der Waals surface area contributed by atoms with E-state index in [4.69, 9.17) is 9.72 Å². The van der Waals surface area contributed by atoms with E-state index in [1.807, 2.05) is 24.2 Å². The third-order valence-electron chi connectivity index (χ3n) is 6.88. The number of likely N-dealkylation sites (tertiary alicyclic amines) is 1. The summed E-state index contributed by atoms with van der Waals surface area (Å²) in [6.07, 6.45) is 4.50. The Kier molecular flexibility index (Phi) is 6.41. The Hall–Kier alpha value is -2.78. The Morgan fingerprint density at radius 3 is 2.91 bits per heavy atom. The minimum absolute atomic E-state index is 0.0596. The SMILES string of the molecule is CN1C[C@@H](NC(=O)N2CCc3cnc(NC4CCOCC4)nc3C2)[C@H](c2cccc(F)c2)C1. The first-order valence-electron chi connectivity index (χ1n) is 11.7. The predicted molar refractivity (Wildman–Crippen MR) is 123 cm³/mol. The van der Waals surface area contributed by atoms with E-state index in [1.165, 1.54) is 6.07 Å². The molecule has 0 bridgehead atoms. The fraction of sp³-hybridized carbons (Fsp3) is 0.542. The number of aromatic nitrogens is 2. The van der Waals surface area contributed by atoms with Gasteiger partial charge in [0.15, 0.2) is 0 Å². The molecule has 9 heteroatoms. The van der Waals surface area contributed by atoms with E-state index in [-0.39, 0.29) is 23.8 Å². The zero-order valence-corrected chi connectivity index (χ0v) is 19.0. The van der Waals surface area contributed by atoms with Crippen molar-refractivity contribution in [2.75, 3.05) is 45.2 Å². The first-order chi connectivity index (χ1) is 16.0. The van der Waals surface area contributed by atoms with Crippen LogP contribution in [-0.2, 0) is 17.7 Å². The molecule has 3 aliphatic rings. The van der Waals surface area contributed by atoms with E-state index in [1.54, 1.807) is 12.1 Å². The molecule has 0 aliphatic carbocycles. The fourth-order valence-corrected chi connectivity index (χ4v) is 5.04. The number of benzene rings is 1. The maximum Gasteiger partial charge on any atom is 0.318 e. The molecule has 0 radical (unpaired) electrons. The molecule has 3 aliphatic heterocycles. The molecule has 0 unspecified atom stereocenters. The average Bonchev–Trinajstić information content (AvgIpc) is 3.19. The number of carbonyl (C=O) groups excluding carboxylic acids is 1. The molecular formula is C24H31FN6O2. The van der Waals surface area contributed by atoms with Crippen molar-refractivity contribution in [1.29, 1.82) is 0 Å². The van der Waals surface area contributed by atoms with Crippen molar-refractivity contribution in [2.45, 2.75) is 43.8 Å². The second-order valence-electron chi connectivity index (χ2n) is 9.31. The number of amides is 2. The highest BCUT2D eigenvalue weighted by Gasteiger charge is 2.35. The van der Waals surface area contributed by atoms with E-state index in [9.17, 15) is 9.18 Å². The van der Waals surface area contributed by atoms with E-state index in [2.05, 4.69) is 20.5 Å². The number of fused-ring (bicyclic) bond motifs is 1.